The van der Waals surface area contributed by atoms with Crippen molar-refractivity contribution in [3.8, 4) is 10.6 Å². The number of anilines is 1. The molecule has 3 rings (SSSR count). The normalized spacial score (nSPS) is 10.3. The third kappa shape index (κ3) is 4.10. The number of hydrogen-bond acceptors (Lipinski definition) is 6. The first-order valence-electron chi connectivity index (χ1n) is 7.13. The molecule has 0 bridgehead atoms. The van der Waals surface area contributed by atoms with E-state index in [4.69, 9.17) is 0 Å². The SMILES string of the molecule is O=C(NCCNc1ncccn1)c1cnc(-c2ccccc2)s1. The van der Waals surface area contributed by atoms with Gasteiger partial charge in [-0.3, -0.25) is 4.79 Å². The van der Waals surface area contributed by atoms with Gasteiger partial charge < -0.3 is 10.6 Å². The second-order valence-corrected chi connectivity index (χ2v) is 5.68. The van der Waals surface area contributed by atoms with Crippen LogP contribution in [0, 0.1) is 0 Å². The van der Waals surface area contributed by atoms with Crippen molar-refractivity contribution in [1.29, 1.82) is 0 Å². The summed E-state index contributed by atoms with van der Waals surface area (Å²) in [6, 6.07) is 11.6. The summed E-state index contributed by atoms with van der Waals surface area (Å²) in [6.07, 6.45) is 4.93. The van der Waals surface area contributed by atoms with Crippen molar-refractivity contribution < 1.29 is 4.79 Å². The molecule has 2 aromatic heterocycles. The molecule has 23 heavy (non-hydrogen) atoms. The van der Waals surface area contributed by atoms with Crippen molar-refractivity contribution >= 4 is 23.2 Å². The average molecular weight is 325 g/mol. The summed E-state index contributed by atoms with van der Waals surface area (Å²) < 4.78 is 0. The van der Waals surface area contributed by atoms with Crippen LogP contribution in [0.2, 0.25) is 0 Å². The Hall–Kier alpha value is -2.80. The van der Waals surface area contributed by atoms with E-state index in [1.807, 2.05) is 30.3 Å². The van der Waals surface area contributed by atoms with Crippen LogP contribution >= 0.6 is 11.3 Å². The maximum atomic E-state index is 12.1. The Balaban J connectivity index is 1.50. The van der Waals surface area contributed by atoms with Crippen molar-refractivity contribution in [1.82, 2.24) is 20.3 Å². The van der Waals surface area contributed by atoms with Crippen LogP contribution in [-0.4, -0.2) is 33.9 Å². The summed E-state index contributed by atoms with van der Waals surface area (Å²) in [5, 5.41) is 6.72. The number of carbonyl (C=O) groups is 1. The molecule has 1 amide bonds. The largest absolute Gasteiger partial charge is 0.352 e. The fraction of sp³-hybridized carbons (Fsp3) is 0.125. The van der Waals surface area contributed by atoms with Crippen LogP contribution in [-0.2, 0) is 0 Å². The molecule has 0 aliphatic rings. The fourth-order valence-corrected chi connectivity index (χ4v) is 2.76. The Morgan fingerprint density at radius 1 is 1.00 bits per heavy atom. The summed E-state index contributed by atoms with van der Waals surface area (Å²) in [5.74, 6) is 0.423. The molecule has 0 unspecified atom stereocenters. The van der Waals surface area contributed by atoms with Crippen molar-refractivity contribution in [3.05, 3.63) is 59.9 Å². The monoisotopic (exact) mass is 325 g/mol. The zero-order valence-corrected chi connectivity index (χ0v) is 13.1. The summed E-state index contributed by atoms with van der Waals surface area (Å²) in [6.45, 7) is 1.04. The van der Waals surface area contributed by atoms with Gasteiger partial charge in [-0.1, -0.05) is 30.3 Å². The van der Waals surface area contributed by atoms with Crippen LogP contribution in [0.1, 0.15) is 9.67 Å². The molecule has 0 spiro atoms. The molecule has 0 saturated heterocycles. The molecule has 1 aromatic carbocycles. The number of hydrogen-bond donors (Lipinski definition) is 2. The highest BCUT2D eigenvalue weighted by atomic mass is 32.1. The number of nitrogens with one attached hydrogen (secondary N) is 2. The number of thiazole rings is 1. The lowest BCUT2D eigenvalue weighted by molar-refractivity contribution is 0.0959. The van der Waals surface area contributed by atoms with E-state index < -0.39 is 0 Å². The molecule has 0 aliphatic heterocycles. The smallest absolute Gasteiger partial charge is 0.263 e. The second kappa shape index (κ2) is 7.46. The van der Waals surface area contributed by atoms with Crippen molar-refractivity contribution in [2.24, 2.45) is 0 Å². The van der Waals surface area contributed by atoms with E-state index in [0.717, 1.165) is 10.6 Å². The van der Waals surface area contributed by atoms with Gasteiger partial charge in [-0.25, -0.2) is 15.0 Å². The maximum absolute atomic E-state index is 12.1. The Morgan fingerprint density at radius 2 is 1.78 bits per heavy atom. The molecule has 6 nitrogen and oxygen atoms in total. The van der Waals surface area contributed by atoms with Gasteiger partial charge in [0.2, 0.25) is 5.95 Å². The Kier molecular flexibility index (Phi) is 4.90. The first-order chi connectivity index (χ1) is 11.3. The van der Waals surface area contributed by atoms with Gasteiger partial charge in [0.15, 0.2) is 0 Å². The highest BCUT2D eigenvalue weighted by Crippen LogP contribution is 2.24. The predicted octanol–water partition coefficient (Wildman–Crippen LogP) is 2.44. The second-order valence-electron chi connectivity index (χ2n) is 4.65. The minimum Gasteiger partial charge on any atom is -0.352 e. The van der Waals surface area contributed by atoms with E-state index in [2.05, 4.69) is 25.6 Å². The zero-order chi connectivity index (χ0) is 15.9. The summed E-state index contributed by atoms with van der Waals surface area (Å²) >= 11 is 1.38. The fourth-order valence-electron chi connectivity index (χ4n) is 1.92. The van der Waals surface area contributed by atoms with Gasteiger partial charge in [-0.15, -0.1) is 11.3 Å². The van der Waals surface area contributed by atoms with Crippen LogP contribution in [0.5, 0.6) is 0 Å². The molecule has 7 heteroatoms. The zero-order valence-electron chi connectivity index (χ0n) is 12.3. The first kappa shape index (κ1) is 15.1. The molecule has 2 N–H and O–H groups in total. The van der Waals surface area contributed by atoms with Gasteiger partial charge in [-0.2, -0.15) is 0 Å². The molecule has 0 atom stereocenters. The van der Waals surface area contributed by atoms with Crippen LogP contribution < -0.4 is 10.6 Å². The minimum atomic E-state index is -0.125. The van der Waals surface area contributed by atoms with Gasteiger partial charge in [0.1, 0.15) is 9.88 Å². The highest BCUT2D eigenvalue weighted by molar-refractivity contribution is 7.16. The van der Waals surface area contributed by atoms with Gasteiger partial charge in [0.05, 0.1) is 6.20 Å². The van der Waals surface area contributed by atoms with E-state index in [1.165, 1.54) is 11.3 Å². The molecule has 0 fully saturated rings. The third-order valence-corrected chi connectivity index (χ3v) is 4.05. The maximum Gasteiger partial charge on any atom is 0.263 e. The molecule has 3 aromatic rings. The quantitative estimate of drug-likeness (QED) is 0.681. The number of nitrogens with zero attached hydrogens (tertiary/aromatic N) is 3. The molecule has 0 radical (unpaired) electrons. The number of carbonyl (C=O) groups excluding carboxylic acids is 1. The van der Waals surface area contributed by atoms with E-state index >= 15 is 0 Å². The number of aromatic nitrogens is 3. The van der Waals surface area contributed by atoms with E-state index in [0.29, 0.717) is 23.9 Å². The number of benzene rings is 1. The predicted molar refractivity (Wildman–Crippen MR) is 90.4 cm³/mol. The van der Waals surface area contributed by atoms with Crippen molar-refractivity contribution in [2.75, 3.05) is 18.4 Å². The number of rotatable bonds is 6. The molecule has 0 saturated carbocycles. The average Bonchev–Trinajstić information content (AvgIpc) is 3.10. The Labute approximate surface area is 137 Å². The Morgan fingerprint density at radius 3 is 2.57 bits per heavy atom. The van der Waals surface area contributed by atoms with Gasteiger partial charge in [0, 0.05) is 31.0 Å². The standard InChI is InChI=1S/C16H15N5OS/c22-14(17-9-10-20-16-18-7-4-8-19-16)13-11-21-15(23-13)12-5-2-1-3-6-12/h1-8,11H,9-10H2,(H,17,22)(H,18,19,20). The van der Waals surface area contributed by atoms with Gasteiger partial charge in [-0.05, 0) is 6.07 Å². The van der Waals surface area contributed by atoms with Crippen LogP contribution in [0.4, 0.5) is 5.95 Å². The number of amides is 1. The third-order valence-electron chi connectivity index (χ3n) is 3.01. The summed E-state index contributed by atoms with van der Waals surface area (Å²) in [7, 11) is 0. The van der Waals surface area contributed by atoms with E-state index in [-0.39, 0.29) is 5.91 Å². The summed E-state index contributed by atoms with van der Waals surface area (Å²) in [5.41, 5.74) is 1.01. The lowest BCUT2D eigenvalue weighted by Gasteiger charge is -2.05. The van der Waals surface area contributed by atoms with E-state index in [9.17, 15) is 4.79 Å². The molecule has 2 heterocycles. The van der Waals surface area contributed by atoms with Gasteiger partial charge in [0.25, 0.3) is 5.91 Å². The van der Waals surface area contributed by atoms with E-state index in [1.54, 1.807) is 24.7 Å². The lowest BCUT2D eigenvalue weighted by atomic mass is 10.2. The molecule has 116 valence electrons. The minimum absolute atomic E-state index is 0.125. The molecular formula is C16H15N5OS. The van der Waals surface area contributed by atoms with Crippen molar-refractivity contribution in [3.63, 3.8) is 0 Å². The van der Waals surface area contributed by atoms with Crippen LogP contribution in [0.25, 0.3) is 10.6 Å². The topological polar surface area (TPSA) is 79.8 Å². The van der Waals surface area contributed by atoms with Crippen LogP contribution in [0.15, 0.2) is 55.0 Å². The highest BCUT2D eigenvalue weighted by Gasteiger charge is 2.10. The molecular weight excluding hydrogens is 310 g/mol. The Bertz CT molecular complexity index is 760. The van der Waals surface area contributed by atoms with Crippen molar-refractivity contribution in [2.45, 2.75) is 0 Å². The lowest BCUT2D eigenvalue weighted by Crippen LogP contribution is -2.28. The van der Waals surface area contributed by atoms with Crippen LogP contribution in [0.3, 0.4) is 0 Å². The summed E-state index contributed by atoms with van der Waals surface area (Å²) in [4.78, 5) is 25.1. The van der Waals surface area contributed by atoms with Gasteiger partial charge >= 0.3 is 0 Å². The molecule has 0 aliphatic carbocycles. The first-order valence-corrected chi connectivity index (χ1v) is 7.95.